The van der Waals surface area contributed by atoms with E-state index in [0.717, 1.165) is 0 Å². The van der Waals surface area contributed by atoms with Gasteiger partial charge in [-0.2, -0.15) is 4.99 Å². The maximum atomic E-state index is 12.9. The molecule has 0 rings (SSSR count). The summed E-state index contributed by atoms with van der Waals surface area (Å²) < 4.78 is 16.6. The second-order valence-corrected chi connectivity index (χ2v) is 14.3. The summed E-state index contributed by atoms with van der Waals surface area (Å²) >= 11 is 0. The van der Waals surface area contributed by atoms with Crippen molar-refractivity contribution in [3.05, 3.63) is 0 Å². The molecule has 15 nitrogen and oxygen atoms in total. The average molecular weight is 653 g/mol. The van der Waals surface area contributed by atoms with Crippen molar-refractivity contribution in [3.63, 3.8) is 0 Å². The molecule has 2 unspecified atom stereocenters. The molecule has 15 heteroatoms. The number of hydrogen-bond donors (Lipinski definition) is 3. The molecule has 0 aromatic carbocycles. The number of nitrogens with zero attached hydrogens (tertiary/aromatic N) is 3. The van der Waals surface area contributed by atoms with Gasteiger partial charge in [0, 0.05) is 16.6 Å². The number of isocyanates is 3. The number of hydrogen-bond acceptors (Lipinski definition) is 12. The number of rotatable bonds is 19. The zero-order chi connectivity index (χ0) is 35.8. The highest BCUT2D eigenvalue weighted by Gasteiger charge is 2.37. The SMILES string of the molecule is CCC(COC(=O)NC(C)(C)CC(C)N=C=O)(COC(=O)NC(C)(C)CC(C)N=C=O)COC(=O)NC(C)(C)CC(C)(C)N=C=O. The maximum absolute atomic E-state index is 12.9. The Balaban J connectivity index is 5.79. The second-order valence-electron chi connectivity index (χ2n) is 14.3. The van der Waals surface area contributed by atoms with E-state index in [4.69, 9.17) is 14.2 Å². The Labute approximate surface area is 271 Å². The Morgan fingerprint density at radius 1 is 0.630 bits per heavy atom. The topological polar surface area (TPSA) is 203 Å². The van der Waals surface area contributed by atoms with Crippen molar-refractivity contribution in [2.75, 3.05) is 19.8 Å². The van der Waals surface area contributed by atoms with E-state index in [1.165, 1.54) is 18.2 Å². The molecule has 0 aromatic rings. The van der Waals surface area contributed by atoms with Crippen LogP contribution in [0.25, 0.3) is 0 Å². The molecule has 0 aliphatic heterocycles. The first-order valence-corrected chi connectivity index (χ1v) is 15.1. The Morgan fingerprint density at radius 2 is 0.978 bits per heavy atom. The number of amides is 3. The first-order valence-electron chi connectivity index (χ1n) is 15.1. The van der Waals surface area contributed by atoms with E-state index in [0.29, 0.717) is 19.3 Å². The van der Waals surface area contributed by atoms with Gasteiger partial charge in [-0.3, -0.25) is 0 Å². The first kappa shape index (κ1) is 42.0. The monoisotopic (exact) mass is 652 g/mol. The van der Waals surface area contributed by atoms with E-state index in [1.54, 1.807) is 76.2 Å². The molecule has 2 atom stereocenters. The smallest absolute Gasteiger partial charge is 0.407 e. The fourth-order valence-electron chi connectivity index (χ4n) is 5.16. The highest BCUT2D eigenvalue weighted by molar-refractivity contribution is 5.69. The molecular formula is C31H52N6O9. The Bertz CT molecular complexity index is 1120. The summed E-state index contributed by atoms with van der Waals surface area (Å²) in [4.78, 5) is 81.5. The summed E-state index contributed by atoms with van der Waals surface area (Å²) in [6, 6.07) is -0.780. The Kier molecular flexibility index (Phi) is 16.6. The summed E-state index contributed by atoms with van der Waals surface area (Å²) in [5.41, 5.74) is -4.33. The third kappa shape index (κ3) is 18.0. The van der Waals surface area contributed by atoms with Crippen molar-refractivity contribution >= 4 is 36.5 Å². The molecular weight excluding hydrogens is 600 g/mol. The van der Waals surface area contributed by atoms with Gasteiger partial charge in [0.15, 0.2) is 0 Å². The van der Waals surface area contributed by atoms with E-state index in [1.807, 2.05) is 0 Å². The van der Waals surface area contributed by atoms with Crippen LogP contribution >= 0.6 is 0 Å². The minimum absolute atomic E-state index is 0.272. The number of ether oxygens (including phenoxy) is 3. The van der Waals surface area contributed by atoms with Crippen LogP contribution in [-0.2, 0) is 28.6 Å². The average Bonchev–Trinajstić information content (AvgIpc) is 2.86. The van der Waals surface area contributed by atoms with Crippen molar-refractivity contribution in [1.29, 1.82) is 0 Å². The van der Waals surface area contributed by atoms with Crippen LogP contribution in [0.4, 0.5) is 14.4 Å². The quantitative estimate of drug-likeness (QED) is 0.101. The van der Waals surface area contributed by atoms with Gasteiger partial charge < -0.3 is 30.2 Å². The predicted molar refractivity (Wildman–Crippen MR) is 170 cm³/mol. The predicted octanol–water partition coefficient (Wildman–Crippen LogP) is 4.63. The van der Waals surface area contributed by atoms with Gasteiger partial charge >= 0.3 is 18.3 Å². The van der Waals surface area contributed by atoms with E-state index in [-0.39, 0.29) is 38.3 Å². The molecule has 0 bridgehead atoms. The summed E-state index contributed by atoms with van der Waals surface area (Å²) in [5.74, 6) is 0. The third-order valence-corrected chi connectivity index (χ3v) is 6.98. The van der Waals surface area contributed by atoms with Crippen molar-refractivity contribution in [1.82, 2.24) is 16.0 Å². The molecule has 0 heterocycles. The Hall–Kier alpha value is -4.05. The van der Waals surface area contributed by atoms with Gasteiger partial charge in [0.2, 0.25) is 18.2 Å². The number of carbonyl (C=O) groups excluding carboxylic acids is 6. The molecule has 0 saturated heterocycles. The number of nitrogens with one attached hydrogen (secondary N) is 3. The van der Waals surface area contributed by atoms with Crippen LogP contribution in [0.3, 0.4) is 0 Å². The fraction of sp³-hybridized carbons (Fsp3) is 0.806. The molecule has 46 heavy (non-hydrogen) atoms. The third-order valence-electron chi connectivity index (χ3n) is 6.98. The summed E-state index contributed by atoms with van der Waals surface area (Å²) in [5, 5.41) is 8.21. The van der Waals surface area contributed by atoms with Gasteiger partial charge in [-0.05, 0) is 94.9 Å². The van der Waals surface area contributed by atoms with Gasteiger partial charge in [-0.1, -0.05) is 6.92 Å². The maximum Gasteiger partial charge on any atom is 0.407 e. The van der Waals surface area contributed by atoms with Crippen LogP contribution in [0.15, 0.2) is 15.0 Å². The summed E-state index contributed by atoms with van der Waals surface area (Å²) in [7, 11) is 0. The molecule has 0 aliphatic carbocycles. The van der Waals surface area contributed by atoms with Gasteiger partial charge in [-0.15, -0.1) is 0 Å². The molecule has 260 valence electrons. The van der Waals surface area contributed by atoms with Crippen molar-refractivity contribution in [2.45, 2.75) is 136 Å². The zero-order valence-electron chi connectivity index (χ0n) is 29.1. The van der Waals surface area contributed by atoms with Crippen LogP contribution < -0.4 is 16.0 Å². The first-order chi connectivity index (χ1) is 21.0. The highest BCUT2D eigenvalue weighted by Crippen LogP contribution is 2.27. The normalized spacial score (nSPS) is 14.4. The summed E-state index contributed by atoms with van der Waals surface area (Å²) in [6.45, 7) is 18.2. The fourth-order valence-corrected chi connectivity index (χ4v) is 5.16. The van der Waals surface area contributed by atoms with Gasteiger partial charge in [0.05, 0.1) is 23.0 Å². The molecule has 0 radical (unpaired) electrons. The molecule has 0 aromatic heterocycles. The minimum Gasteiger partial charge on any atom is -0.449 e. The molecule has 3 N–H and O–H groups in total. The molecule has 0 saturated carbocycles. The lowest BCUT2D eigenvalue weighted by atomic mass is 9.87. The van der Waals surface area contributed by atoms with Crippen LogP contribution in [0.2, 0.25) is 0 Å². The summed E-state index contributed by atoms with van der Waals surface area (Å²) in [6.07, 6.45) is 3.45. The molecule has 0 fully saturated rings. The van der Waals surface area contributed by atoms with Crippen LogP contribution in [0.5, 0.6) is 0 Å². The van der Waals surface area contributed by atoms with Gasteiger partial charge in [0.1, 0.15) is 19.8 Å². The van der Waals surface area contributed by atoms with E-state index < -0.39 is 45.9 Å². The minimum atomic E-state index is -1.14. The van der Waals surface area contributed by atoms with Crippen LogP contribution in [0, 0.1) is 5.41 Å². The largest absolute Gasteiger partial charge is 0.449 e. The molecule has 3 amide bonds. The van der Waals surface area contributed by atoms with E-state index in [2.05, 4.69) is 30.9 Å². The van der Waals surface area contributed by atoms with Crippen molar-refractivity contribution in [2.24, 2.45) is 20.4 Å². The Morgan fingerprint density at radius 3 is 1.28 bits per heavy atom. The van der Waals surface area contributed by atoms with E-state index >= 15 is 0 Å². The van der Waals surface area contributed by atoms with Gasteiger partial charge in [0.25, 0.3) is 0 Å². The second kappa shape index (κ2) is 18.2. The van der Waals surface area contributed by atoms with Gasteiger partial charge in [-0.25, -0.2) is 38.8 Å². The van der Waals surface area contributed by atoms with Crippen LogP contribution in [0.1, 0.15) is 102 Å². The molecule has 0 aliphatic rings. The van der Waals surface area contributed by atoms with E-state index in [9.17, 15) is 28.8 Å². The van der Waals surface area contributed by atoms with Crippen molar-refractivity contribution in [3.8, 4) is 0 Å². The van der Waals surface area contributed by atoms with Crippen molar-refractivity contribution < 1.29 is 43.0 Å². The number of aliphatic imine (C=N–C) groups is 3. The standard InChI is InChI=1S/C31H52N6O9/c1-12-31(16-44-24(41)35-27(4,5)13-22(2)32-19-38,17-45-25(42)36-28(6,7)14-23(3)33-20-39)18-46-26(43)37-30(10,11)15-29(8,9)34-21-40/h22-23H,12-18H2,1-11H3,(H,35,41)(H,36,42)(H,37,43). The highest BCUT2D eigenvalue weighted by atomic mass is 16.6. The zero-order valence-corrected chi connectivity index (χ0v) is 29.1. The van der Waals surface area contributed by atoms with Crippen LogP contribution in [-0.4, -0.2) is 90.6 Å². The number of carbonyl (C=O) groups is 3. The number of alkyl carbamates (subject to hydrolysis) is 3. The lowest BCUT2D eigenvalue weighted by Crippen LogP contribution is -2.50. The lowest BCUT2D eigenvalue weighted by molar-refractivity contribution is -0.0207. The molecule has 0 spiro atoms. The lowest BCUT2D eigenvalue weighted by Gasteiger charge is -2.35.